The third kappa shape index (κ3) is 4.61. The monoisotopic (exact) mass is 711 g/mol. The predicted octanol–water partition coefficient (Wildman–Crippen LogP) is 14.9. The van der Waals surface area contributed by atoms with Gasteiger partial charge in [-0.2, -0.15) is 0 Å². The van der Waals surface area contributed by atoms with Crippen molar-refractivity contribution in [2.24, 2.45) is 0 Å². The highest BCUT2D eigenvalue weighted by Gasteiger charge is 2.41. The number of rotatable bonds is 5. The van der Waals surface area contributed by atoms with Crippen molar-refractivity contribution in [1.82, 2.24) is 0 Å². The van der Waals surface area contributed by atoms with Crippen LogP contribution in [0.4, 0.5) is 17.1 Å². The summed E-state index contributed by atoms with van der Waals surface area (Å²) >= 11 is 3.79. The highest BCUT2D eigenvalue weighted by atomic mass is 32.1. The van der Waals surface area contributed by atoms with Crippen molar-refractivity contribution in [3.63, 3.8) is 0 Å². The van der Waals surface area contributed by atoms with Crippen LogP contribution in [0.5, 0.6) is 0 Å². The van der Waals surface area contributed by atoms with E-state index in [1.54, 1.807) is 0 Å². The molecule has 2 aromatic heterocycles. The van der Waals surface area contributed by atoms with Crippen molar-refractivity contribution < 1.29 is 0 Å². The molecule has 0 aliphatic heterocycles. The minimum atomic E-state index is -0.247. The Morgan fingerprint density at radius 3 is 1.60 bits per heavy atom. The number of thiophene rings is 2. The standard InChI is InChI=1S/C50H33NS2/c1-50(43-18-8-5-14-37(43)38-15-6-9-19-44(38)50)45-20-11-17-42-41-29-27-36(31-48(41)53-49(42)45)51(34-24-22-33(23-25-34)32-12-3-2-4-13-32)35-26-28-40-39-16-7-10-21-46(39)52-47(40)30-35/h2-31H,1H3. The molecule has 0 fully saturated rings. The Hall–Kier alpha value is -6.00. The molecule has 3 heteroatoms. The molecule has 8 aromatic carbocycles. The van der Waals surface area contributed by atoms with E-state index in [4.69, 9.17) is 0 Å². The maximum atomic E-state index is 2.42. The number of nitrogens with zero attached hydrogens (tertiary/aromatic N) is 1. The molecule has 0 spiro atoms. The first-order chi connectivity index (χ1) is 26.1. The smallest absolute Gasteiger partial charge is 0.0476 e. The number of benzene rings is 8. The molecule has 1 nitrogen and oxygen atoms in total. The van der Waals surface area contributed by atoms with Crippen LogP contribution in [0.3, 0.4) is 0 Å². The fourth-order valence-electron chi connectivity index (χ4n) is 8.80. The third-order valence-corrected chi connectivity index (χ3v) is 13.7. The van der Waals surface area contributed by atoms with E-state index in [0.29, 0.717) is 0 Å². The van der Waals surface area contributed by atoms with E-state index in [0.717, 1.165) is 17.1 Å². The van der Waals surface area contributed by atoms with E-state index < -0.39 is 0 Å². The predicted molar refractivity (Wildman–Crippen MR) is 230 cm³/mol. The summed E-state index contributed by atoms with van der Waals surface area (Å²) in [4.78, 5) is 2.42. The van der Waals surface area contributed by atoms with E-state index in [2.05, 4.69) is 194 Å². The minimum Gasteiger partial charge on any atom is -0.310 e. The van der Waals surface area contributed by atoms with Gasteiger partial charge in [-0.25, -0.2) is 0 Å². The SMILES string of the molecule is CC1(c2cccc3c2sc2cc(N(c4ccc(-c5ccccc5)cc4)c4ccc5c(c4)sc4ccccc45)ccc23)c2ccccc2-c2ccccc21. The molecule has 0 bridgehead atoms. The molecule has 1 aliphatic rings. The van der Waals surface area contributed by atoms with Crippen LogP contribution in [-0.2, 0) is 5.41 Å². The van der Waals surface area contributed by atoms with Crippen LogP contribution in [0.25, 0.3) is 62.6 Å². The fraction of sp³-hybridized carbons (Fsp3) is 0.0400. The van der Waals surface area contributed by atoms with Gasteiger partial charge >= 0.3 is 0 Å². The van der Waals surface area contributed by atoms with Gasteiger partial charge in [-0.1, -0.05) is 140 Å². The van der Waals surface area contributed by atoms with E-state index in [1.807, 2.05) is 22.7 Å². The van der Waals surface area contributed by atoms with Crippen molar-refractivity contribution in [2.45, 2.75) is 12.3 Å². The average molecular weight is 712 g/mol. The van der Waals surface area contributed by atoms with Gasteiger partial charge in [0.25, 0.3) is 0 Å². The Balaban J connectivity index is 1.09. The number of hydrogen-bond acceptors (Lipinski definition) is 3. The normalized spacial score (nSPS) is 13.2. The highest BCUT2D eigenvalue weighted by Crippen LogP contribution is 2.55. The van der Waals surface area contributed by atoms with Gasteiger partial charge in [-0.05, 0) is 88.3 Å². The lowest BCUT2D eigenvalue weighted by Crippen LogP contribution is -2.22. The van der Waals surface area contributed by atoms with E-state index in [9.17, 15) is 0 Å². The van der Waals surface area contributed by atoms with Gasteiger partial charge in [0.2, 0.25) is 0 Å². The van der Waals surface area contributed by atoms with Gasteiger partial charge in [0.05, 0.1) is 0 Å². The second-order valence-corrected chi connectivity index (χ2v) is 16.3. The molecular weight excluding hydrogens is 679 g/mol. The second-order valence-electron chi connectivity index (χ2n) is 14.2. The summed E-state index contributed by atoms with van der Waals surface area (Å²) in [5.41, 5.74) is 12.5. The molecule has 0 radical (unpaired) electrons. The third-order valence-electron chi connectivity index (χ3n) is 11.4. The first-order valence-electron chi connectivity index (χ1n) is 18.2. The zero-order valence-corrected chi connectivity index (χ0v) is 30.7. The Labute approximate surface area is 316 Å². The van der Waals surface area contributed by atoms with Crippen molar-refractivity contribution in [3.8, 4) is 22.3 Å². The molecule has 2 heterocycles. The van der Waals surface area contributed by atoms with Crippen LogP contribution in [0.15, 0.2) is 182 Å². The molecule has 0 saturated heterocycles. The quantitative estimate of drug-likeness (QED) is 0.172. The molecule has 0 saturated carbocycles. The Kier molecular flexibility index (Phi) is 6.79. The van der Waals surface area contributed by atoms with Gasteiger partial charge in [0.15, 0.2) is 0 Å². The number of hydrogen-bond donors (Lipinski definition) is 0. The Morgan fingerprint density at radius 2 is 0.887 bits per heavy atom. The Bertz CT molecular complexity index is 2980. The summed E-state index contributed by atoms with van der Waals surface area (Å²) in [5, 5.41) is 5.26. The van der Waals surface area contributed by atoms with Crippen LogP contribution in [-0.4, -0.2) is 0 Å². The van der Waals surface area contributed by atoms with Crippen molar-refractivity contribution in [1.29, 1.82) is 0 Å². The molecule has 0 amide bonds. The van der Waals surface area contributed by atoms with E-state index >= 15 is 0 Å². The Morgan fingerprint density at radius 1 is 0.377 bits per heavy atom. The van der Waals surface area contributed by atoms with E-state index in [1.165, 1.54) is 79.3 Å². The summed E-state index contributed by atoms with van der Waals surface area (Å²) in [6.07, 6.45) is 0. The van der Waals surface area contributed by atoms with Gasteiger partial charge in [0, 0.05) is 62.8 Å². The van der Waals surface area contributed by atoms with Crippen LogP contribution in [0.2, 0.25) is 0 Å². The molecule has 0 N–H and O–H groups in total. The van der Waals surface area contributed by atoms with Crippen LogP contribution in [0, 0.1) is 0 Å². The van der Waals surface area contributed by atoms with Gasteiger partial charge in [-0.15, -0.1) is 22.7 Å². The number of fused-ring (bicyclic) bond motifs is 9. The second kappa shape index (κ2) is 11.8. The lowest BCUT2D eigenvalue weighted by molar-refractivity contribution is 0.722. The van der Waals surface area contributed by atoms with Crippen molar-refractivity contribution >= 4 is 80.1 Å². The summed E-state index contributed by atoms with van der Waals surface area (Å²) in [7, 11) is 0. The lowest BCUT2D eigenvalue weighted by Gasteiger charge is -2.28. The average Bonchev–Trinajstić information content (AvgIpc) is 3.87. The maximum absolute atomic E-state index is 2.42. The van der Waals surface area contributed by atoms with Crippen molar-refractivity contribution in [2.75, 3.05) is 4.90 Å². The summed E-state index contributed by atoms with van der Waals surface area (Å²) in [6.45, 7) is 2.42. The molecule has 53 heavy (non-hydrogen) atoms. The molecule has 10 aromatic rings. The molecule has 0 unspecified atom stereocenters. The maximum Gasteiger partial charge on any atom is 0.0476 e. The molecule has 11 rings (SSSR count). The van der Waals surface area contributed by atoms with Crippen LogP contribution in [0.1, 0.15) is 23.6 Å². The highest BCUT2D eigenvalue weighted by molar-refractivity contribution is 7.26. The fourth-order valence-corrected chi connectivity index (χ4v) is 11.3. The summed E-state index contributed by atoms with van der Waals surface area (Å²) in [6, 6.07) is 67.3. The first-order valence-corrected chi connectivity index (χ1v) is 19.8. The van der Waals surface area contributed by atoms with Crippen molar-refractivity contribution in [3.05, 3.63) is 199 Å². The van der Waals surface area contributed by atoms with Gasteiger partial charge < -0.3 is 4.90 Å². The molecule has 1 aliphatic carbocycles. The van der Waals surface area contributed by atoms with Gasteiger partial charge in [0.1, 0.15) is 0 Å². The van der Waals surface area contributed by atoms with Gasteiger partial charge in [-0.3, -0.25) is 0 Å². The van der Waals surface area contributed by atoms with E-state index in [-0.39, 0.29) is 5.41 Å². The number of anilines is 3. The largest absolute Gasteiger partial charge is 0.310 e. The first kappa shape index (κ1) is 30.6. The van der Waals surface area contributed by atoms with Crippen LogP contribution < -0.4 is 4.90 Å². The minimum absolute atomic E-state index is 0.247. The zero-order valence-electron chi connectivity index (χ0n) is 29.1. The topological polar surface area (TPSA) is 3.24 Å². The lowest BCUT2D eigenvalue weighted by atomic mass is 9.74. The summed E-state index contributed by atoms with van der Waals surface area (Å²) in [5.74, 6) is 0. The molecule has 250 valence electrons. The molecular formula is C50H33NS2. The van der Waals surface area contributed by atoms with Crippen LogP contribution >= 0.6 is 22.7 Å². The zero-order chi connectivity index (χ0) is 35.1. The molecule has 0 atom stereocenters. The summed E-state index contributed by atoms with van der Waals surface area (Å²) < 4.78 is 5.27.